The van der Waals surface area contributed by atoms with E-state index in [2.05, 4.69) is 9.97 Å². The van der Waals surface area contributed by atoms with Crippen LogP contribution >= 0.6 is 0 Å². The van der Waals surface area contributed by atoms with Crippen LogP contribution in [0.5, 0.6) is 5.75 Å². The van der Waals surface area contributed by atoms with Crippen LogP contribution < -0.4 is 4.74 Å². The van der Waals surface area contributed by atoms with Gasteiger partial charge >= 0.3 is 0 Å². The van der Waals surface area contributed by atoms with Crippen molar-refractivity contribution in [1.82, 2.24) is 9.97 Å². The lowest BCUT2D eigenvalue weighted by Gasteiger charge is -2.04. The minimum absolute atomic E-state index is 0.426. The molecule has 0 fully saturated rings. The van der Waals surface area contributed by atoms with Crippen LogP contribution in [-0.4, -0.2) is 9.97 Å². The molecule has 2 aromatic heterocycles. The Morgan fingerprint density at radius 3 is 2.60 bits per heavy atom. The SMILES string of the molecule is Fc1ccc(OCc2ccncc2)cn1. The molecule has 3 nitrogen and oxygen atoms in total. The number of aromatic nitrogens is 2. The van der Waals surface area contributed by atoms with Crippen LogP contribution in [-0.2, 0) is 6.61 Å². The first-order valence-electron chi connectivity index (χ1n) is 4.48. The molecule has 0 N–H and O–H groups in total. The summed E-state index contributed by atoms with van der Waals surface area (Å²) in [5, 5.41) is 0. The summed E-state index contributed by atoms with van der Waals surface area (Å²) in [6, 6.07) is 6.53. The Labute approximate surface area is 86.6 Å². The summed E-state index contributed by atoms with van der Waals surface area (Å²) in [6.07, 6.45) is 4.75. The molecule has 0 spiro atoms. The van der Waals surface area contributed by atoms with Crippen LogP contribution in [0.4, 0.5) is 4.39 Å². The molecule has 0 saturated carbocycles. The molecule has 0 bridgehead atoms. The van der Waals surface area contributed by atoms with Crippen LogP contribution in [0.15, 0.2) is 42.9 Å². The highest BCUT2D eigenvalue weighted by molar-refractivity contribution is 5.17. The molecule has 0 aliphatic carbocycles. The van der Waals surface area contributed by atoms with Crippen molar-refractivity contribution in [3.05, 3.63) is 54.4 Å². The van der Waals surface area contributed by atoms with Gasteiger partial charge in [0.2, 0.25) is 5.95 Å². The van der Waals surface area contributed by atoms with Crippen LogP contribution in [0, 0.1) is 5.95 Å². The second-order valence-electron chi connectivity index (χ2n) is 2.96. The van der Waals surface area contributed by atoms with Gasteiger partial charge in [-0.25, -0.2) is 4.98 Å². The number of halogens is 1. The molecule has 15 heavy (non-hydrogen) atoms. The fourth-order valence-corrected chi connectivity index (χ4v) is 1.09. The number of hydrogen-bond acceptors (Lipinski definition) is 3. The normalized spacial score (nSPS) is 9.93. The minimum atomic E-state index is -0.508. The quantitative estimate of drug-likeness (QED) is 0.719. The van der Waals surface area contributed by atoms with Crippen molar-refractivity contribution >= 4 is 0 Å². The Bertz CT molecular complexity index is 416. The molecular weight excluding hydrogens is 195 g/mol. The maximum Gasteiger partial charge on any atom is 0.213 e. The fourth-order valence-electron chi connectivity index (χ4n) is 1.09. The smallest absolute Gasteiger partial charge is 0.213 e. The van der Waals surface area contributed by atoms with Crippen LogP contribution in [0.2, 0.25) is 0 Å². The lowest BCUT2D eigenvalue weighted by molar-refractivity contribution is 0.304. The van der Waals surface area contributed by atoms with Gasteiger partial charge in [-0.15, -0.1) is 0 Å². The number of hydrogen-bond donors (Lipinski definition) is 0. The first kappa shape index (κ1) is 9.58. The topological polar surface area (TPSA) is 35.0 Å². The van der Waals surface area contributed by atoms with Gasteiger partial charge in [0.05, 0.1) is 6.20 Å². The van der Waals surface area contributed by atoms with Gasteiger partial charge in [0, 0.05) is 12.4 Å². The highest BCUT2D eigenvalue weighted by Crippen LogP contribution is 2.10. The van der Waals surface area contributed by atoms with Gasteiger partial charge in [0.1, 0.15) is 12.4 Å². The van der Waals surface area contributed by atoms with Crippen molar-refractivity contribution in [2.75, 3.05) is 0 Å². The standard InChI is InChI=1S/C11H9FN2O/c12-11-2-1-10(7-14-11)15-8-9-3-5-13-6-4-9/h1-7H,8H2. The Balaban J connectivity index is 1.96. The van der Waals surface area contributed by atoms with Gasteiger partial charge in [0.25, 0.3) is 0 Å². The van der Waals surface area contributed by atoms with Gasteiger partial charge in [-0.3, -0.25) is 4.98 Å². The summed E-state index contributed by atoms with van der Waals surface area (Å²) in [5.41, 5.74) is 1.01. The zero-order valence-corrected chi connectivity index (χ0v) is 7.93. The zero-order chi connectivity index (χ0) is 10.5. The van der Waals surface area contributed by atoms with Crippen molar-refractivity contribution in [2.24, 2.45) is 0 Å². The van der Waals surface area contributed by atoms with E-state index in [9.17, 15) is 4.39 Å². The fraction of sp³-hybridized carbons (Fsp3) is 0.0909. The van der Waals surface area contributed by atoms with Gasteiger partial charge in [-0.05, 0) is 29.8 Å². The summed E-state index contributed by atoms with van der Waals surface area (Å²) in [4.78, 5) is 7.38. The third-order valence-electron chi connectivity index (χ3n) is 1.86. The molecule has 2 heterocycles. The van der Waals surface area contributed by atoms with E-state index < -0.39 is 5.95 Å². The first-order valence-corrected chi connectivity index (χ1v) is 4.48. The zero-order valence-electron chi connectivity index (χ0n) is 7.93. The average molecular weight is 204 g/mol. The van der Waals surface area contributed by atoms with E-state index in [0.29, 0.717) is 12.4 Å². The second kappa shape index (κ2) is 4.50. The monoisotopic (exact) mass is 204 g/mol. The minimum Gasteiger partial charge on any atom is -0.487 e. The van der Waals surface area contributed by atoms with E-state index in [-0.39, 0.29) is 0 Å². The number of ether oxygens (including phenoxy) is 1. The van der Waals surface area contributed by atoms with E-state index in [0.717, 1.165) is 5.56 Å². The molecule has 0 atom stereocenters. The predicted octanol–water partition coefficient (Wildman–Crippen LogP) is 2.19. The molecule has 0 radical (unpaired) electrons. The van der Waals surface area contributed by atoms with E-state index >= 15 is 0 Å². The van der Waals surface area contributed by atoms with Crippen molar-refractivity contribution in [3.8, 4) is 5.75 Å². The summed E-state index contributed by atoms with van der Waals surface area (Å²) in [7, 11) is 0. The average Bonchev–Trinajstić information content (AvgIpc) is 2.30. The van der Waals surface area contributed by atoms with Crippen molar-refractivity contribution in [3.63, 3.8) is 0 Å². The predicted molar refractivity (Wildman–Crippen MR) is 52.8 cm³/mol. The summed E-state index contributed by atoms with van der Waals surface area (Å²) in [6.45, 7) is 0.426. The summed E-state index contributed by atoms with van der Waals surface area (Å²) in [5.74, 6) is 0.0412. The van der Waals surface area contributed by atoms with E-state index in [1.54, 1.807) is 18.5 Å². The molecule has 0 aromatic carbocycles. The third-order valence-corrected chi connectivity index (χ3v) is 1.86. The lowest BCUT2D eigenvalue weighted by atomic mass is 10.3. The second-order valence-corrected chi connectivity index (χ2v) is 2.96. The number of pyridine rings is 2. The molecule has 76 valence electrons. The Hall–Kier alpha value is -1.97. The molecule has 0 aliphatic heterocycles. The van der Waals surface area contributed by atoms with E-state index in [1.807, 2.05) is 12.1 Å². The molecule has 0 saturated heterocycles. The molecule has 2 rings (SSSR count). The Morgan fingerprint density at radius 2 is 1.93 bits per heavy atom. The first-order chi connectivity index (χ1) is 7.34. The van der Waals surface area contributed by atoms with Crippen LogP contribution in [0.1, 0.15) is 5.56 Å². The Kier molecular flexibility index (Phi) is 2.88. The van der Waals surface area contributed by atoms with E-state index in [4.69, 9.17) is 4.74 Å². The van der Waals surface area contributed by atoms with Gasteiger partial charge < -0.3 is 4.74 Å². The Morgan fingerprint density at radius 1 is 1.13 bits per heavy atom. The molecule has 4 heteroatoms. The van der Waals surface area contributed by atoms with Crippen molar-refractivity contribution in [1.29, 1.82) is 0 Å². The lowest BCUT2D eigenvalue weighted by Crippen LogP contribution is -1.96. The van der Waals surface area contributed by atoms with Crippen molar-refractivity contribution in [2.45, 2.75) is 6.61 Å². The molecule has 0 unspecified atom stereocenters. The van der Waals surface area contributed by atoms with Gasteiger partial charge in [-0.2, -0.15) is 4.39 Å². The largest absolute Gasteiger partial charge is 0.487 e. The molecule has 0 amide bonds. The highest BCUT2D eigenvalue weighted by atomic mass is 19.1. The molecule has 2 aromatic rings. The van der Waals surface area contributed by atoms with Crippen LogP contribution in [0.3, 0.4) is 0 Å². The van der Waals surface area contributed by atoms with E-state index in [1.165, 1.54) is 12.3 Å². The van der Waals surface area contributed by atoms with Crippen LogP contribution in [0.25, 0.3) is 0 Å². The molecular formula is C11H9FN2O. The van der Waals surface area contributed by atoms with Crippen molar-refractivity contribution < 1.29 is 9.13 Å². The van der Waals surface area contributed by atoms with Gasteiger partial charge in [-0.1, -0.05) is 0 Å². The highest BCUT2D eigenvalue weighted by Gasteiger charge is 1.96. The third kappa shape index (κ3) is 2.74. The maximum absolute atomic E-state index is 12.5. The molecule has 0 aliphatic rings. The number of rotatable bonds is 3. The van der Waals surface area contributed by atoms with Gasteiger partial charge in [0.15, 0.2) is 0 Å². The maximum atomic E-state index is 12.5. The number of nitrogens with zero attached hydrogens (tertiary/aromatic N) is 2. The summed E-state index contributed by atoms with van der Waals surface area (Å²) >= 11 is 0. The summed E-state index contributed by atoms with van der Waals surface area (Å²) < 4.78 is 17.9.